The van der Waals surface area contributed by atoms with Gasteiger partial charge in [-0.15, -0.1) is 0 Å². The highest BCUT2D eigenvalue weighted by Gasteiger charge is 2.11. The molecule has 0 aliphatic rings. The van der Waals surface area contributed by atoms with Gasteiger partial charge in [0.1, 0.15) is 0 Å². The Morgan fingerprint density at radius 2 is 1.76 bits per heavy atom. The number of nitrogens with zero attached hydrogens (tertiary/aromatic N) is 4. The van der Waals surface area contributed by atoms with Crippen LogP contribution in [-0.4, -0.2) is 19.5 Å². The molecule has 3 rings (SSSR count). The first-order valence-electron chi connectivity index (χ1n) is 5.55. The molecule has 2 aromatic heterocycles. The average Bonchev–Trinajstić information content (AvgIpc) is 2.83. The van der Waals surface area contributed by atoms with E-state index in [2.05, 4.69) is 34.0 Å². The van der Waals surface area contributed by atoms with Crippen molar-refractivity contribution in [1.29, 1.82) is 0 Å². The first-order valence-corrected chi connectivity index (χ1v) is 5.55. The van der Waals surface area contributed by atoms with Crippen molar-refractivity contribution >= 4 is 11.3 Å². The van der Waals surface area contributed by atoms with Gasteiger partial charge in [0.2, 0.25) is 0 Å². The number of rotatable bonds is 2. The second-order valence-electron chi connectivity index (χ2n) is 3.94. The third-order valence-corrected chi connectivity index (χ3v) is 2.91. The number of aromatic nitrogens is 4. The monoisotopic (exact) mass is 224 g/mol. The summed E-state index contributed by atoms with van der Waals surface area (Å²) >= 11 is 0. The fourth-order valence-electron chi connectivity index (χ4n) is 1.94. The van der Waals surface area contributed by atoms with Crippen LogP contribution in [-0.2, 0) is 0 Å². The predicted octanol–water partition coefficient (Wildman–Crippen LogP) is 2.44. The third-order valence-electron chi connectivity index (χ3n) is 2.91. The Kier molecular flexibility index (Phi) is 2.33. The zero-order valence-electron chi connectivity index (χ0n) is 9.49. The molecule has 17 heavy (non-hydrogen) atoms. The molecule has 0 bridgehead atoms. The number of fused-ring (bicyclic) bond motifs is 1. The van der Waals surface area contributed by atoms with Crippen LogP contribution in [0.15, 0.2) is 49.1 Å². The highest BCUT2D eigenvalue weighted by molar-refractivity contribution is 5.65. The van der Waals surface area contributed by atoms with E-state index in [4.69, 9.17) is 0 Å². The lowest BCUT2D eigenvalue weighted by Crippen LogP contribution is -2.06. The number of hydrogen-bond acceptors (Lipinski definition) is 3. The highest BCUT2D eigenvalue weighted by Crippen LogP contribution is 2.20. The molecule has 0 N–H and O–H groups in total. The van der Waals surface area contributed by atoms with Crippen LogP contribution in [0.4, 0.5) is 0 Å². The average molecular weight is 224 g/mol. The molecule has 0 fully saturated rings. The summed E-state index contributed by atoms with van der Waals surface area (Å²) < 4.78 is 2.04. The van der Waals surface area contributed by atoms with Crippen molar-refractivity contribution < 1.29 is 0 Å². The molecule has 4 heteroatoms. The number of benzene rings is 1. The summed E-state index contributed by atoms with van der Waals surface area (Å²) in [6.45, 7) is 2.13. The Hall–Kier alpha value is -2.23. The Morgan fingerprint density at radius 1 is 1.00 bits per heavy atom. The van der Waals surface area contributed by atoms with Crippen molar-refractivity contribution in [2.24, 2.45) is 0 Å². The van der Waals surface area contributed by atoms with Crippen molar-refractivity contribution in [2.75, 3.05) is 0 Å². The topological polar surface area (TPSA) is 43.6 Å². The Bertz CT molecular complexity index is 630. The molecule has 0 saturated heterocycles. The van der Waals surface area contributed by atoms with Gasteiger partial charge in [0.05, 0.1) is 12.4 Å². The molecule has 0 aliphatic carbocycles. The fourth-order valence-corrected chi connectivity index (χ4v) is 1.94. The summed E-state index contributed by atoms with van der Waals surface area (Å²) in [4.78, 5) is 12.8. The molecule has 0 saturated carbocycles. The zero-order valence-corrected chi connectivity index (χ0v) is 9.49. The molecular formula is C13H12N4. The maximum Gasteiger partial charge on any atom is 0.197 e. The van der Waals surface area contributed by atoms with Crippen LogP contribution in [0.25, 0.3) is 11.3 Å². The Morgan fingerprint density at radius 3 is 2.59 bits per heavy atom. The van der Waals surface area contributed by atoms with Gasteiger partial charge < -0.3 is 4.57 Å². The SMILES string of the molecule is C[C@@H](c1ccccc1)n1cnc2nccnc21. The van der Waals surface area contributed by atoms with E-state index in [0.29, 0.717) is 5.65 Å². The summed E-state index contributed by atoms with van der Waals surface area (Å²) in [5, 5.41) is 0. The van der Waals surface area contributed by atoms with Gasteiger partial charge in [0.25, 0.3) is 0 Å². The molecule has 2 heterocycles. The van der Waals surface area contributed by atoms with Crippen LogP contribution in [0.3, 0.4) is 0 Å². The minimum Gasteiger partial charge on any atom is -0.307 e. The molecular weight excluding hydrogens is 212 g/mol. The van der Waals surface area contributed by atoms with Gasteiger partial charge in [0.15, 0.2) is 11.3 Å². The van der Waals surface area contributed by atoms with Gasteiger partial charge in [-0.1, -0.05) is 30.3 Å². The van der Waals surface area contributed by atoms with Crippen LogP contribution in [0, 0.1) is 0 Å². The number of hydrogen-bond donors (Lipinski definition) is 0. The van der Waals surface area contributed by atoms with Gasteiger partial charge >= 0.3 is 0 Å². The largest absolute Gasteiger partial charge is 0.307 e. The van der Waals surface area contributed by atoms with E-state index in [1.165, 1.54) is 5.56 Å². The van der Waals surface area contributed by atoms with Crippen LogP contribution < -0.4 is 0 Å². The maximum atomic E-state index is 4.33. The third kappa shape index (κ3) is 1.67. The van der Waals surface area contributed by atoms with E-state index in [1.54, 1.807) is 18.7 Å². The summed E-state index contributed by atoms with van der Waals surface area (Å²) in [5.41, 5.74) is 2.75. The van der Waals surface area contributed by atoms with E-state index in [9.17, 15) is 0 Å². The van der Waals surface area contributed by atoms with Gasteiger partial charge in [-0.25, -0.2) is 15.0 Å². The second-order valence-corrected chi connectivity index (χ2v) is 3.94. The summed E-state index contributed by atoms with van der Waals surface area (Å²) in [6.07, 6.45) is 5.15. The normalized spacial score (nSPS) is 12.8. The first kappa shape index (κ1) is 9.96. The van der Waals surface area contributed by atoms with E-state index >= 15 is 0 Å². The smallest absolute Gasteiger partial charge is 0.197 e. The van der Waals surface area contributed by atoms with Crippen molar-refractivity contribution in [1.82, 2.24) is 19.5 Å². The summed E-state index contributed by atoms with van der Waals surface area (Å²) in [6, 6.07) is 10.5. The molecule has 0 spiro atoms. The van der Waals surface area contributed by atoms with Crippen molar-refractivity contribution in [3.05, 3.63) is 54.6 Å². The maximum absolute atomic E-state index is 4.33. The van der Waals surface area contributed by atoms with Crippen molar-refractivity contribution in [3.63, 3.8) is 0 Å². The minimum atomic E-state index is 0.206. The molecule has 4 nitrogen and oxygen atoms in total. The molecule has 1 atom stereocenters. The lowest BCUT2D eigenvalue weighted by molar-refractivity contribution is 0.652. The minimum absolute atomic E-state index is 0.206. The predicted molar refractivity (Wildman–Crippen MR) is 65.6 cm³/mol. The highest BCUT2D eigenvalue weighted by atomic mass is 15.1. The van der Waals surface area contributed by atoms with Crippen LogP contribution in [0.5, 0.6) is 0 Å². The quantitative estimate of drug-likeness (QED) is 0.671. The molecule has 0 radical (unpaired) electrons. The molecule has 0 unspecified atom stereocenters. The Labute approximate surface area is 99.0 Å². The second kappa shape index (κ2) is 3.97. The molecule has 0 amide bonds. The van der Waals surface area contributed by atoms with E-state index in [1.807, 2.05) is 22.8 Å². The lowest BCUT2D eigenvalue weighted by atomic mass is 10.1. The van der Waals surface area contributed by atoms with E-state index in [-0.39, 0.29) is 6.04 Å². The standard InChI is InChI=1S/C13H12N4/c1-10(11-5-3-2-4-6-11)17-9-16-12-13(17)15-8-7-14-12/h2-10H,1H3/t10-/m0/s1. The van der Waals surface area contributed by atoms with Crippen LogP contribution in [0.1, 0.15) is 18.5 Å². The summed E-state index contributed by atoms with van der Waals surface area (Å²) in [7, 11) is 0. The van der Waals surface area contributed by atoms with Gasteiger partial charge in [-0.3, -0.25) is 0 Å². The van der Waals surface area contributed by atoms with Gasteiger partial charge in [-0.2, -0.15) is 0 Å². The first-order chi connectivity index (χ1) is 8.36. The molecule has 1 aromatic carbocycles. The van der Waals surface area contributed by atoms with Gasteiger partial charge in [-0.05, 0) is 12.5 Å². The number of imidazole rings is 1. The molecule has 3 aromatic rings. The van der Waals surface area contributed by atoms with Crippen LogP contribution in [0.2, 0.25) is 0 Å². The molecule has 0 aliphatic heterocycles. The molecule has 84 valence electrons. The Balaban J connectivity index is 2.10. The lowest BCUT2D eigenvalue weighted by Gasteiger charge is -2.13. The zero-order chi connectivity index (χ0) is 11.7. The van der Waals surface area contributed by atoms with Crippen LogP contribution >= 0.6 is 0 Å². The van der Waals surface area contributed by atoms with E-state index in [0.717, 1.165) is 5.65 Å². The van der Waals surface area contributed by atoms with E-state index < -0.39 is 0 Å². The van der Waals surface area contributed by atoms with Gasteiger partial charge in [0, 0.05) is 12.4 Å². The van der Waals surface area contributed by atoms with Crippen molar-refractivity contribution in [3.8, 4) is 0 Å². The van der Waals surface area contributed by atoms with Crippen molar-refractivity contribution in [2.45, 2.75) is 13.0 Å². The fraction of sp³-hybridized carbons (Fsp3) is 0.154. The summed E-state index contributed by atoms with van der Waals surface area (Å²) in [5.74, 6) is 0.